The van der Waals surface area contributed by atoms with Crippen molar-refractivity contribution < 1.29 is 36.2 Å². The maximum Gasteiger partial charge on any atom is 0.416 e. The van der Waals surface area contributed by atoms with Crippen LogP contribution < -0.4 is 0 Å². The molecule has 0 aromatic heterocycles. The summed E-state index contributed by atoms with van der Waals surface area (Å²) in [7, 11) is 0. The Balaban J connectivity index is 2.50. The fourth-order valence-corrected chi connectivity index (χ4v) is 4.09. The summed E-state index contributed by atoms with van der Waals surface area (Å²) >= 11 is 0. The second kappa shape index (κ2) is 9.58. The van der Waals surface area contributed by atoms with Gasteiger partial charge in [0.1, 0.15) is 0 Å². The lowest BCUT2D eigenvalue weighted by Crippen LogP contribution is -2.39. The van der Waals surface area contributed by atoms with Crippen LogP contribution in [0.1, 0.15) is 68.7 Å². The van der Waals surface area contributed by atoms with E-state index in [4.69, 9.17) is 5.11 Å². The van der Waals surface area contributed by atoms with E-state index in [2.05, 4.69) is 0 Å². The van der Waals surface area contributed by atoms with Crippen molar-refractivity contribution in [3.05, 3.63) is 34.9 Å². The van der Waals surface area contributed by atoms with E-state index < -0.39 is 35.5 Å². The molecule has 1 saturated heterocycles. The molecule has 1 N–H and O–H groups in total. The van der Waals surface area contributed by atoms with Crippen LogP contribution in [0.2, 0.25) is 0 Å². The minimum Gasteiger partial charge on any atom is -0.481 e. The zero-order valence-corrected chi connectivity index (χ0v) is 17.0. The first kappa shape index (κ1) is 24.5. The Morgan fingerprint density at radius 3 is 2.33 bits per heavy atom. The van der Waals surface area contributed by atoms with Crippen molar-refractivity contribution in [2.75, 3.05) is 13.1 Å². The Bertz CT molecular complexity index is 729. The van der Waals surface area contributed by atoms with Gasteiger partial charge >= 0.3 is 18.3 Å². The molecular formula is C21H27F6NO2. The lowest BCUT2D eigenvalue weighted by Gasteiger charge is -2.39. The number of aliphatic carboxylic acids is 1. The molecule has 0 saturated carbocycles. The largest absolute Gasteiger partial charge is 0.481 e. The quantitative estimate of drug-likeness (QED) is 0.501. The molecule has 0 spiro atoms. The van der Waals surface area contributed by atoms with Gasteiger partial charge in [0.2, 0.25) is 0 Å². The van der Waals surface area contributed by atoms with E-state index in [1.807, 2.05) is 13.8 Å². The van der Waals surface area contributed by atoms with Crippen LogP contribution in [0, 0.1) is 11.8 Å². The van der Waals surface area contributed by atoms with Crippen LogP contribution in [-0.4, -0.2) is 29.1 Å². The Kier molecular flexibility index (Phi) is 7.82. The number of hydrogen-bond acceptors (Lipinski definition) is 2. The minimum absolute atomic E-state index is 0.109. The maximum atomic E-state index is 13.7. The Labute approximate surface area is 172 Å². The summed E-state index contributed by atoms with van der Waals surface area (Å²) in [6.45, 7) is 4.48. The van der Waals surface area contributed by atoms with Gasteiger partial charge in [-0.1, -0.05) is 13.8 Å². The number of halogens is 6. The third kappa shape index (κ3) is 6.62. The van der Waals surface area contributed by atoms with Gasteiger partial charge in [0.15, 0.2) is 0 Å². The van der Waals surface area contributed by atoms with Crippen molar-refractivity contribution in [1.29, 1.82) is 0 Å². The van der Waals surface area contributed by atoms with Gasteiger partial charge in [-0.25, -0.2) is 0 Å². The summed E-state index contributed by atoms with van der Waals surface area (Å²) in [5.74, 6) is -1.07. The van der Waals surface area contributed by atoms with E-state index in [0.717, 1.165) is 0 Å². The lowest BCUT2D eigenvalue weighted by molar-refractivity contribution is -0.142. The number of piperidine rings is 1. The number of benzene rings is 1. The molecule has 2 atom stereocenters. The van der Waals surface area contributed by atoms with Gasteiger partial charge in [0.05, 0.1) is 11.1 Å². The Morgan fingerprint density at radius 2 is 1.80 bits per heavy atom. The number of hydrogen-bond donors (Lipinski definition) is 1. The Morgan fingerprint density at radius 1 is 1.13 bits per heavy atom. The van der Waals surface area contributed by atoms with Gasteiger partial charge in [-0.2, -0.15) is 26.3 Å². The summed E-state index contributed by atoms with van der Waals surface area (Å²) in [6, 6.07) is 0.742. The second-order valence-electron chi connectivity index (χ2n) is 8.39. The first-order valence-corrected chi connectivity index (χ1v) is 10.0. The predicted octanol–water partition coefficient (Wildman–Crippen LogP) is 6.39. The van der Waals surface area contributed by atoms with Gasteiger partial charge in [-0.05, 0) is 67.8 Å². The molecule has 1 aromatic carbocycles. The van der Waals surface area contributed by atoms with E-state index in [9.17, 15) is 31.1 Å². The Hall–Kier alpha value is -1.77. The fraction of sp³-hybridized carbons (Fsp3) is 0.667. The zero-order chi connectivity index (χ0) is 22.7. The molecule has 1 aliphatic heterocycles. The van der Waals surface area contributed by atoms with Crippen LogP contribution in [0.5, 0.6) is 0 Å². The fourth-order valence-electron chi connectivity index (χ4n) is 4.09. The first-order chi connectivity index (χ1) is 13.8. The molecule has 1 aliphatic rings. The molecule has 1 fully saturated rings. The number of carboxylic acid groups (broad SMARTS) is 1. The topological polar surface area (TPSA) is 40.5 Å². The van der Waals surface area contributed by atoms with Crippen LogP contribution in [0.4, 0.5) is 26.3 Å². The van der Waals surface area contributed by atoms with E-state index in [1.54, 1.807) is 4.90 Å². The highest BCUT2D eigenvalue weighted by Crippen LogP contribution is 2.42. The third-order valence-corrected chi connectivity index (χ3v) is 5.52. The molecule has 3 nitrogen and oxygen atoms in total. The van der Waals surface area contributed by atoms with Crippen molar-refractivity contribution >= 4 is 5.97 Å². The number of alkyl halides is 6. The summed E-state index contributed by atoms with van der Waals surface area (Å²) in [5.41, 5.74) is -2.56. The van der Waals surface area contributed by atoms with E-state index in [-0.39, 0.29) is 36.8 Å². The van der Waals surface area contributed by atoms with Crippen molar-refractivity contribution in [3.63, 3.8) is 0 Å². The minimum atomic E-state index is -4.79. The molecular weight excluding hydrogens is 412 g/mol. The van der Waals surface area contributed by atoms with Crippen molar-refractivity contribution in [3.8, 4) is 0 Å². The van der Waals surface area contributed by atoms with E-state index in [1.165, 1.54) is 0 Å². The molecule has 1 aromatic rings. The molecule has 0 aliphatic carbocycles. The predicted molar refractivity (Wildman–Crippen MR) is 99.8 cm³/mol. The van der Waals surface area contributed by atoms with Crippen molar-refractivity contribution in [2.24, 2.45) is 11.8 Å². The normalized spacial score (nSPS) is 19.8. The summed E-state index contributed by atoms with van der Waals surface area (Å²) < 4.78 is 80.8. The summed E-state index contributed by atoms with van der Waals surface area (Å²) in [5, 5.41) is 9.07. The van der Waals surface area contributed by atoms with Crippen LogP contribution in [-0.2, 0) is 17.1 Å². The maximum absolute atomic E-state index is 13.7. The average Bonchev–Trinajstić information content (AvgIpc) is 2.59. The van der Waals surface area contributed by atoms with Crippen LogP contribution >= 0.6 is 0 Å². The van der Waals surface area contributed by atoms with Gasteiger partial charge in [0, 0.05) is 19.0 Å². The number of likely N-dealkylation sites (tertiary alicyclic amines) is 1. The van der Waals surface area contributed by atoms with Gasteiger partial charge in [-0.15, -0.1) is 0 Å². The van der Waals surface area contributed by atoms with E-state index in [0.29, 0.717) is 44.0 Å². The number of nitrogens with zero attached hydrogens (tertiary/aromatic N) is 1. The zero-order valence-electron chi connectivity index (χ0n) is 17.0. The molecule has 0 amide bonds. The van der Waals surface area contributed by atoms with Crippen LogP contribution in [0.25, 0.3) is 0 Å². The second-order valence-corrected chi connectivity index (χ2v) is 8.39. The highest BCUT2D eigenvalue weighted by Gasteiger charge is 2.40. The van der Waals surface area contributed by atoms with Crippen LogP contribution in [0.3, 0.4) is 0 Å². The average molecular weight is 439 g/mol. The highest BCUT2D eigenvalue weighted by molar-refractivity contribution is 5.67. The van der Waals surface area contributed by atoms with E-state index >= 15 is 0 Å². The molecule has 2 unspecified atom stereocenters. The van der Waals surface area contributed by atoms with Gasteiger partial charge in [-0.3, -0.25) is 9.69 Å². The van der Waals surface area contributed by atoms with Crippen molar-refractivity contribution in [2.45, 2.75) is 64.3 Å². The molecule has 0 bridgehead atoms. The molecule has 30 heavy (non-hydrogen) atoms. The first-order valence-electron chi connectivity index (χ1n) is 10.0. The number of carboxylic acids is 1. The number of rotatable bonds is 7. The van der Waals surface area contributed by atoms with Crippen molar-refractivity contribution in [1.82, 2.24) is 4.90 Å². The summed E-state index contributed by atoms with van der Waals surface area (Å²) in [6.07, 6.45) is -7.62. The standard InChI is InChI=1S/C21H27F6NO2/c1-13(2)5-8-18(28-9-3-4-14(12-28)10-19(29)30)16-11-15(20(22,23)24)6-7-17(16)21(25,26)27/h6-7,11,13-14,18H,3-5,8-10,12H2,1-2H3,(H,29,30). The smallest absolute Gasteiger partial charge is 0.416 e. The molecule has 2 rings (SSSR count). The SMILES string of the molecule is CC(C)CCC(c1cc(C(F)(F)F)ccc1C(F)(F)F)N1CCCC(CC(=O)O)C1. The molecule has 1 heterocycles. The van der Waals surface area contributed by atoms with Gasteiger partial charge in [0.25, 0.3) is 0 Å². The molecule has 170 valence electrons. The lowest BCUT2D eigenvalue weighted by atomic mass is 9.87. The highest BCUT2D eigenvalue weighted by atomic mass is 19.4. The number of carbonyl (C=O) groups is 1. The van der Waals surface area contributed by atoms with Gasteiger partial charge < -0.3 is 5.11 Å². The summed E-state index contributed by atoms with van der Waals surface area (Å²) in [4.78, 5) is 12.8. The molecule has 0 radical (unpaired) electrons. The van der Waals surface area contributed by atoms with Crippen LogP contribution in [0.15, 0.2) is 18.2 Å². The third-order valence-electron chi connectivity index (χ3n) is 5.52. The monoisotopic (exact) mass is 439 g/mol. The molecule has 9 heteroatoms.